The molecule has 0 aliphatic carbocycles. The second kappa shape index (κ2) is 4.88. The van der Waals surface area contributed by atoms with Crippen molar-refractivity contribution in [2.75, 3.05) is 13.1 Å². The van der Waals surface area contributed by atoms with Gasteiger partial charge in [0.1, 0.15) is 0 Å². The summed E-state index contributed by atoms with van der Waals surface area (Å²) in [5.41, 5.74) is 1.21. The second-order valence-electron chi connectivity index (χ2n) is 3.06. The Labute approximate surface area is 74.1 Å². The molecule has 1 saturated heterocycles. The Morgan fingerprint density at radius 1 is 1.58 bits per heavy atom. The van der Waals surface area contributed by atoms with Gasteiger partial charge in [-0.05, 0) is 37.6 Å². The third-order valence-corrected chi connectivity index (χ3v) is 2.24. The summed E-state index contributed by atoms with van der Waals surface area (Å²) in [6, 6.07) is 0. The highest BCUT2D eigenvalue weighted by Gasteiger charge is 2.14. The van der Waals surface area contributed by atoms with Crippen LogP contribution in [0.3, 0.4) is 0 Å². The molecule has 2 nitrogen and oxygen atoms in total. The standard InChI is InChI=1S/C10H16N2/c1-3-9(7-11-2)10-5-4-6-12-8-10/h3,7,10,12H,1-2,4-6,8H2/b9-7+/t10-/m0/s1. The van der Waals surface area contributed by atoms with Crippen molar-refractivity contribution in [1.82, 2.24) is 5.32 Å². The molecule has 0 aromatic heterocycles. The van der Waals surface area contributed by atoms with Crippen molar-refractivity contribution in [3.8, 4) is 0 Å². The molecule has 1 fully saturated rings. The Bertz CT molecular complexity index is 188. The lowest BCUT2D eigenvalue weighted by Gasteiger charge is -2.23. The maximum Gasteiger partial charge on any atom is 0.0295 e. The van der Waals surface area contributed by atoms with Crippen LogP contribution in [0.5, 0.6) is 0 Å². The second-order valence-corrected chi connectivity index (χ2v) is 3.06. The summed E-state index contributed by atoms with van der Waals surface area (Å²) >= 11 is 0. The van der Waals surface area contributed by atoms with Gasteiger partial charge in [0.05, 0.1) is 0 Å². The van der Waals surface area contributed by atoms with Crippen LogP contribution in [0.25, 0.3) is 0 Å². The summed E-state index contributed by atoms with van der Waals surface area (Å²) in [6.45, 7) is 9.41. The van der Waals surface area contributed by atoms with Gasteiger partial charge in [-0.1, -0.05) is 12.7 Å². The van der Waals surface area contributed by atoms with Crippen LogP contribution in [0.1, 0.15) is 12.8 Å². The monoisotopic (exact) mass is 164 g/mol. The number of piperidine rings is 1. The third-order valence-electron chi connectivity index (χ3n) is 2.24. The minimum Gasteiger partial charge on any atom is -0.316 e. The highest BCUT2D eigenvalue weighted by atomic mass is 14.9. The zero-order valence-corrected chi connectivity index (χ0v) is 7.42. The molecule has 1 aliphatic rings. The van der Waals surface area contributed by atoms with Gasteiger partial charge in [-0.3, -0.25) is 4.99 Å². The summed E-state index contributed by atoms with van der Waals surface area (Å²) in [5.74, 6) is 0.585. The van der Waals surface area contributed by atoms with Crippen LogP contribution in [0.4, 0.5) is 0 Å². The molecule has 12 heavy (non-hydrogen) atoms. The molecule has 1 atom stereocenters. The number of hydrogen-bond acceptors (Lipinski definition) is 2. The Morgan fingerprint density at radius 3 is 2.92 bits per heavy atom. The predicted octanol–water partition coefficient (Wildman–Crippen LogP) is 1.76. The van der Waals surface area contributed by atoms with Crippen molar-refractivity contribution in [2.45, 2.75) is 12.8 Å². The Morgan fingerprint density at radius 2 is 2.42 bits per heavy atom. The Kier molecular flexibility index (Phi) is 3.74. The van der Waals surface area contributed by atoms with Crippen molar-refractivity contribution in [3.63, 3.8) is 0 Å². The van der Waals surface area contributed by atoms with Crippen molar-refractivity contribution < 1.29 is 0 Å². The van der Waals surface area contributed by atoms with Gasteiger partial charge in [0, 0.05) is 12.7 Å². The van der Waals surface area contributed by atoms with Crippen LogP contribution in [0.15, 0.2) is 29.4 Å². The highest BCUT2D eigenvalue weighted by Crippen LogP contribution is 2.19. The van der Waals surface area contributed by atoms with E-state index in [-0.39, 0.29) is 0 Å². The molecule has 0 amide bonds. The van der Waals surface area contributed by atoms with Crippen LogP contribution >= 0.6 is 0 Å². The summed E-state index contributed by atoms with van der Waals surface area (Å²) in [6.07, 6.45) is 6.17. The van der Waals surface area contributed by atoms with E-state index in [1.807, 2.05) is 12.3 Å². The lowest BCUT2D eigenvalue weighted by Crippen LogP contribution is -2.30. The average Bonchev–Trinajstić information content (AvgIpc) is 2.15. The maximum atomic E-state index is 3.77. The molecule has 0 radical (unpaired) electrons. The number of hydrogen-bond donors (Lipinski definition) is 1. The molecule has 2 heteroatoms. The van der Waals surface area contributed by atoms with Gasteiger partial charge in [-0.15, -0.1) is 0 Å². The normalized spacial score (nSPS) is 25.0. The first kappa shape index (κ1) is 9.20. The largest absolute Gasteiger partial charge is 0.316 e. The number of rotatable bonds is 3. The fourth-order valence-electron chi connectivity index (χ4n) is 1.57. The van der Waals surface area contributed by atoms with Gasteiger partial charge >= 0.3 is 0 Å². The maximum absolute atomic E-state index is 3.77. The van der Waals surface area contributed by atoms with Crippen molar-refractivity contribution in [1.29, 1.82) is 0 Å². The van der Waals surface area contributed by atoms with E-state index in [1.54, 1.807) is 0 Å². The first-order valence-corrected chi connectivity index (χ1v) is 4.37. The van der Waals surface area contributed by atoms with Gasteiger partial charge < -0.3 is 5.32 Å². The Hall–Kier alpha value is -0.890. The van der Waals surface area contributed by atoms with E-state index < -0.39 is 0 Å². The topological polar surface area (TPSA) is 24.4 Å². The fourth-order valence-corrected chi connectivity index (χ4v) is 1.57. The van der Waals surface area contributed by atoms with Crippen LogP contribution in [0.2, 0.25) is 0 Å². The van der Waals surface area contributed by atoms with E-state index in [1.165, 1.54) is 18.4 Å². The SMILES string of the molecule is C=C/C(=C\N=C)[C@H]1CCCNC1. The number of aliphatic imine (C=N–C) groups is 1. The first-order valence-electron chi connectivity index (χ1n) is 4.37. The zero-order chi connectivity index (χ0) is 8.81. The van der Waals surface area contributed by atoms with E-state index in [9.17, 15) is 0 Å². The van der Waals surface area contributed by atoms with Crippen LogP contribution in [-0.4, -0.2) is 19.8 Å². The molecule has 1 N–H and O–H groups in total. The van der Waals surface area contributed by atoms with Gasteiger partial charge in [0.25, 0.3) is 0 Å². The van der Waals surface area contributed by atoms with E-state index in [0.29, 0.717) is 5.92 Å². The van der Waals surface area contributed by atoms with Crippen molar-refractivity contribution in [2.24, 2.45) is 10.9 Å². The Balaban J connectivity index is 2.57. The molecule has 0 spiro atoms. The van der Waals surface area contributed by atoms with Gasteiger partial charge in [0.2, 0.25) is 0 Å². The molecule has 0 saturated carbocycles. The minimum absolute atomic E-state index is 0.585. The summed E-state index contributed by atoms with van der Waals surface area (Å²) in [4.78, 5) is 3.77. The van der Waals surface area contributed by atoms with E-state index in [2.05, 4.69) is 23.6 Å². The van der Waals surface area contributed by atoms with Crippen LogP contribution < -0.4 is 5.32 Å². The number of allylic oxidation sites excluding steroid dienone is 1. The molecule has 1 rings (SSSR count). The molecular formula is C10H16N2. The quantitative estimate of drug-likeness (QED) is 0.499. The number of nitrogens with one attached hydrogen (secondary N) is 1. The molecule has 0 aromatic carbocycles. The molecule has 0 aromatic rings. The molecule has 1 aliphatic heterocycles. The lowest BCUT2D eigenvalue weighted by molar-refractivity contribution is 0.427. The van der Waals surface area contributed by atoms with E-state index in [0.717, 1.165) is 13.1 Å². The highest BCUT2D eigenvalue weighted by molar-refractivity contribution is 5.29. The first-order chi connectivity index (χ1) is 5.88. The zero-order valence-electron chi connectivity index (χ0n) is 7.42. The average molecular weight is 164 g/mol. The lowest BCUT2D eigenvalue weighted by atomic mass is 9.92. The van der Waals surface area contributed by atoms with Crippen molar-refractivity contribution in [3.05, 3.63) is 24.4 Å². The fraction of sp³-hybridized carbons (Fsp3) is 0.500. The molecule has 0 bridgehead atoms. The summed E-state index contributed by atoms with van der Waals surface area (Å²) in [7, 11) is 0. The molecule has 0 unspecified atom stereocenters. The van der Waals surface area contributed by atoms with Gasteiger partial charge in [-0.2, -0.15) is 0 Å². The summed E-state index contributed by atoms with van der Waals surface area (Å²) < 4.78 is 0. The smallest absolute Gasteiger partial charge is 0.0295 e. The van der Waals surface area contributed by atoms with Gasteiger partial charge in [-0.25, -0.2) is 0 Å². The molecule has 66 valence electrons. The van der Waals surface area contributed by atoms with E-state index >= 15 is 0 Å². The van der Waals surface area contributed by atoms with Crippen LogP contribution in [-0.2, 0) is 0 Å². The van der Waals surface area contributed by atoms with Crippen LogP contribution in [0, 0.1) is 5.92 Å². The van der Waals surface area contributed by atoms with Gasteiger partial charge in [0.15, 0.2) is 0 Å². The third kappa shape index (κ3) is 2.31. The molecule has 1 heterocycles. The number of nitrogens with zero attached hydrogens (tertiary/aromatic N) is 1. The van der Waals surface area contributed by atoms with Crippen molar-refractivity contribution >= 4 is 6.72 Å². The minimum atomic E-state index is 0.585. The van der Waals surface area contributed by atoms with E-state index in [4.69, 9.17) is 0 Å². The molecular weight excluding hydrogens is 148 g/mol. The summed E-state index contributed by atoms with van der Waals surface area (Å²) in [5, 5.41) is 3.36. The predicted molar refractivity (Wildman–Crippen MR) is 53.4 cm³/mol.